The lowest BCUT2D eigenvalue weighted by atomic mass is 10.2. The number of amides is 1. The van der Waals surface area contributed by atoms with Crippen LogP contribution in [0.2, 0.25) is 0 Å². The van der Waals surface area contributed by atoms with E-state index in [1.54, 1.807) is 38.6 Å². The second-order valence-corrected chi connectivity index (χ2v) is 6.04. The zero-order valence-electron chi connectivity index (χ0n) is 16.6. The number of methoxy groups -OCH3 is 2. The van der Waals surface area contributed by atoms with Gasteiger partial charge >= 0.3 is 0 Å². The smallest absolute Gasteiger partial charge is 0.257 e. The van der Waals surface area contributed by atoms with Crippen molar-refractivity contribution in [3.8, 4) is 17.2 Å². The molecule has 0 aliphatic carbocycles. The highest BCUT2D eigenvalue weighted by molar-refractivity contribution is 6.05. The molecule has 1 amide bonds. The number of carbonyl (C=O) groups is 1. The van der Waals surface area contributed by atoms with Gasteiger partial charge in [0.1, 0.15) is 17.2 Å². The number of carbonyl (C=O) groups excluding carboxylic acids is 1. The van der Waals surface area contributed by atoms with Gasteiger partial charge in [0, 0.05) is 12.3 Å². The van der Waals surface area contributed by atoms with Gasteiger partial charge in [-0.15, -0.1) is 0 Å². The Balaban J connectivity index is 1.80. The van der Waals surface area contributed by atoms with Gasteiger partial charge in [0.25, 0.3) is 5.91 Å². The van der Waals surface area contributed by atoms with Crippen LogP contribution in [0.15, 0.2) is 60.9 Å². The van der Waals surface area contributed by atoms with Crippen molar-refractivity contribution in [1.82, 2.24) is 4.98 Å². The average molecular weight is 393 g/mol. The standard InChI is InChI=1S/C22H23N3O4/c1-4-29-21-8-6-5-7-18(21)25-22(26)15-11-16(14-23-13-15)24-19-12-17(27-2)9-10-20(19)28-3/h5-14,24H,4H2,1-3H3,(H,25,26). The van der Waals surface area contributed by atoms with Crippen molar-refractivity contribution in [2.75, 3.05) is 31.5 Å². The van der Waals surface area contributed by atoms with Crippen LogP contribution >= 0.6 is 0 Å². The van der Waals surface area contributed by atoms with E-state index in [-0.39, 0.29) is 5.91 Å². The maximum absolute atomic E-state index is 12.7. The van der Waals surface area contributed by atoms with E-state index in [0.717, 1.165) is 0 Å². The second kappa shape index (κ2) is 9.45. The number of nitrogens with zero attached hydrogens (tertiary/aromatic N) is 1. The second-order valence-electron chi connectivity index (χ2n) is 6.04. The Bertz CT molecular complexity index is 991. The minimum Gasteiger partial charge on any atom is -0.497 e. The molecule has 7 heteroatoms. The lowest BCUT2D eigenvalue weighted by molar-refractivity contribution is 0.102. The molecule has 2 N–H and O–H groups in total. The third-order valence-corrected chi connectivity index (χ3v) is 4.12. The number of anilines is 3. The van der Waals surface area contributed by atoms with Crippen LogP contribution < -0.4 is 24.8 Å². The highest BCUT2D eigenvalue weighted by atomic mass is 16.5. The van der Waals surface area contributed by atoms with E-state index in [4.69, 9.17) is 14.2 Å². The van der Waals surface area contributed by atoms with Crippen molar-refractivity contribution in [3.63, 3.8) is 0 Å². The topological polar surface area (TPSA) is 81.7 Å². The maximum atomic E-state index is 12.7. The zero-order valence-corrected chi connectivity index (χ0v) is 16.6. The van der Waals surface area contributed by atoms with Crippen molar-refractivity contribution in [3.05, 3.63) is 66.5 Å². The highest BCUT2D eigenvalue weighted by Crippen LogP contribution is 2.31. The minimum absolute atomic E-state index is 0.286. The SMILES string of the molecule is CCOc1ccccc1NC(=O)c1cncc(Nc2cc(OC)ccc2OC)c1. The number of benzene rings is 2. The molecule has 0 saturated carbocycles. The molecule has 3 rings (SSSR count). The molecule has 0 aliphatic rings. The van der Waals surface area contributed by atoms with Gasteiger partial charge in [-0.3, -0.25) is 9.78 Å². The molecule has 0 radical (unpaired) electrons. The third-order valence-electron chi connectivity index (χ3n) is 4.12. The molecule has 29 heavy (non-hydrogen) atoms. The monoisotopic (exact) mass is 393 g/mol. The van der Waals surface area contributed by atoms with Gasteiger partial charge in [-0.25, -0.2) is 0 Å². The van der Waals surface area contributed by atoms with E-state index in [1.165, 1.54) is 6.20 Å². The predicted octanol–water partition coefficient (Wildman–Crippen LogP) is 4.49. The first-order valence-electron chi connectivity index (χ1n) is 9.12. The fraction of sp³-hybridized carbons (Fsp3) is 0.182. The molecular weight excluding hydrogens is 370 g/mol. The van der Waals surface area contributed by atoms with E-state index >= 15 is 0 Å². The van der Waals surface area contributed by atoms with Crippen LogP contribution in [0.25, 0.3) is 0 Å². The molecule has 0 fully saturated rings. The summed E-state index contributed by atoms with van der Waals surface area (Å²) in [5, 5.41) is 6.08. The average Bonchev–Trinajstić information content (AvgIpc) is 2.75. The molecule has 0 spiro atoms. The van der Waals surface area contributed by atoms with E-state index in [9.17, 15) is 4.79 Å². The van der Waals surface area contributed by atoms with E-state index < -0.39 is 0 Å². The fourth-order valence-corrected chi connectivity index (χ4v) is 2.75. The molecule has 0 unspecified atom stereocenters. The number of para-hydroxylation sites is 2. The van der Waals surface area contributed by atoms with Gasteiger partial charge in [-0.2, -0.15) is 0 Å². The first kappa shape index (κ1) is 20.0. The van der Waals surface area contributed by atoms with Crippen molar-refractivity contribution >= 4 is 23.0 Å². The molecule has 0 saturated heterocycles. The van der Waals surface area contributed by atoms with Gasteiger partial charge in [0.15, 0.2) is 0 Å². The molecule has 7 nitrogen and oxygen atoms in total. The normalized spacial score (nSPS) is 10.2. The molecular formula is C22H23N3O4. The van der Waals surface area contributed by atoms with Gasteiger partial charge in [0.05, 0.1) is 49.6 Å². The Kier molecular flexibility index (Phi) is 6.52. The Morgan fingerprint density at radius 3 is 2.55 bits per heavy atom. The van der Waals surface area contributed by atoms with E-state index in [1.807, 2.05) is 37.3 Å². The molecule has 1 heterocycles. The first-order chi connectivity index (χ1) is 14.1. The van der Waals surface area contributed by atoms with Crippen molar-refractivity contribution in [1.29, 1.82) is 0 Å². The molecule has 0 bridgehead atoms. The van der Waals surface area contributed by atoms with Crippen LogP contribution in [0.5, 0.6) is 17.2 Å². The molecule has 0 atom stereocenters. The lowest BCUT2D eigenvalue weighted by Gasteiger charge is -2.14. The molecule has 3 aromatic rings. The fourth-order valence-electron chi connectivity index (χ4n) is 2.75. The molecule has 0 aliphatic heterocycles. The summed E-state index contributed by atoms with van der Waals surface area (Å²) in [5.41, 5.74) is 2.35. The Hall–Kier alpha value is -3.74. The number of ether oxygens (including phenoxy) is 3. The largest absolute Gasteiger partial charge is 0.497 e. The van der Waals surface area contributed by atoms with Crippen molar-refractivity contribution < 1.29 is 19.0 Å². The predicted molar refractivity (Wildman–Crippen MR) is 113 cm³/mol. The summed E-state index contributed by atoms with van der Waals surface area (Å²) in [4.78, 5) is 16.9. The first-order valence-corrected chi connectivity index (χ1v) is 9.12. The number of nitrogens with one attached hydrogen (secondary N) is 2. The Morgan fingerprint density at radius 1 is 0.966 bits per heavy atom. The Labute approximate surface area is 169 Å². The van der Waals surface area contributed by atoms with Gasteiger partial charge in [0.2, 0.25) is 0 Å². The molecule has 150 valence electrons. The summed E-state index contributed by atoms with van der Waals surface area (Å²) in [7, 11) is 3.18. The quantitative estimate of drug-likeness (QED) is 0.587. The summed E-state index contributed by atoms with van der Waals surface area (Å²) in [6, 6.07) is 14.4. The summed E-state index contributed by atoms with van der Waals surface area (Å²) in [6.07, 6.45) is 3.14. The van der Waals surface area contributed by atoms with Crippen molar-refractivity contribution in [2.45, 2.75) is 6.92 Å². The lowest BCUT2D eigenvalue weighted by Crippen LogP contribution is -2.13. The van der Waals surface area contributed by atoms with Crippen LogP contribution in [-0.2, 0) is 0 Å². The summed E-state index contributed by atoms with van der Waals surface area (Å²) in [6.45, 7) is 2.40. The number of pyridine rings is 1. The number of hydrogen-bond donors (Lipinski definition) is 2. The van der Waals surface area contributed by atoms with Crippen LogP contribution in [0.1, 0.15) is 17.3 Å². The number of hydrogen-bond acceptors (Lipinski definition) is 6. The highest BCUT2D eigenvalue weighted by Gasteiger charge is 2.12. The Morgan fingerprint density at radius 2 is 1.79 bits per heavy atom. The van der Waals surface area contributed by atoms with Crippen LogP contribution in [0, 0.1) is 0 Å². The van der Waals surface area contributed by atoms with Crippen LogP contribution in [0.4, 0.5) is 17.1 Å². The van der Waals surface area contributed by atoms with Crippen LogP contribution in [-0.4, -0.2) is 31.7 Å². The molecule has 1 aromatic heterocycles. The van der Waals surface area contributed by atoms with E-state index in [0.29, 0.717) is 46.5 Å². The van der Waals surface area contributed by atoms with E-state index in [2.05, 4.69) is 15.6 Å². The summed E-state index contributed by atoms with van der Waals surface area (Å²) in [5.74, 6) is 1.66. The van der Waals surface area contributed by atoms with Gasteiger partial charge in [-0.05, 0) is 37.3 Å². The van der Waals surface area contributed by atoms with Gasteiger partial charge in [-0.1, -0.05) is 12.1 Å². The zero-order chi connectivity index (χ0) is 20.6. The number of aromatic nitrogens is 1. The molecule has 2 aromatic carbocycles. The minimum atomic E-state index is -0.286. The van der Waals surface area contributed by atoms with Gasteiger partial charge < -0.3 is 24.8 Å². The summed E-state index contributed by atoms with van der Waals surface area (Å²) < 4.78 is 16.2. The summed E-state index contributed by atoms with van der Waals surface area (Å²) >= 11 is 0. The maximum Gasteiger partial charge on any atom is 0.257 e. The van der Waals surface area contributed by atoms with Crippen molar-refractivity contribution in [2.24, 2.45) is 0 Å². The number of rotatable bonds is 8. The third kappa shape index (κ3) is 4.95. The van der Waals surface area contributed by atoms with Crippen LogP contribution in [0.3, 0.4) is 0 Å².